The Bertz CT molecular complexity index is 794. The predicted molar refractivity (Wildman–Crippen MR) is 88.1 cm³/mol. The average molecular weight is 327 g/mol. The zero-order valence-electron chi connectivity index (χ0n) is 12.2. The lowest BCUT2D eigenvalue weighted by atomic mass is 10.0. The van der Waals surface area contributed by atoms with Crippen LogP contribution >= 0.6 is 11.3 Å². The van der Waals surface area contributed by atoms with Crippen molar-refractivity contribution in [2.24, 2.45) is 0 Å². The molecule has 0 unspecified atom stereocenters. The van der Waals surface area contributed by atoms with Crippen molar-refractivity contribution in [1.82, 2.24) is 10.2 Å². The molecule has 1 amide bonds. The van der Waals surface area contributed by atoms with E-state index in [-0.39, 0.29) is 5.91 Å². The maximum absolute atomic E-state index is 12.6. The van der Waals surface area contributed by atoms with Crippen LogP contribution in [0.4, 0.5) is 5.13 Å². The number of hydrogen-bond donors (Lipinski definition) is 1. The summed E-state index contributed by atoms with van der Waals surface area (Å²) in [6.45, 7) is 0. The predicted octanol–water partition coefficient (Wildman–Crippen LogP) is 3.32. The Kier molecular flexibility index (Phi) is 4.49. The minimum atomic E-state index is -0.289. The van der Waals surface area contributed by atoms with Gasteiger partial charge in [-0.2, -0.15) is 0 Å². The topological polar surface area (TPSA) is 77.2 Å². The van der Waals surface area contributed by atoms with E-state index in [9.17, 15) is 4.79 Å². The Morgan fingerprint density at radius 3 is 2.74 bits per heavy atom. The Balaban J connectivity index is 1.94. The highest BCUT2D eigenvalue weighted by atomic mass is 32.1. The first kappa shape index (κ1) is 15.0. The second-order valence-corrected chi connectivity index (χ2v) is 5.33. The van der Waals surface area contributed by atoms with E-state index in [0.29, 0.717) is 16.5 Å². The van der Waals surface area contributed by atoms with Crippen LogP contribution in [0.25, 0.3) is 11.6 Å². The van der Waals surface area contributed by atoms with E-state index in [2.05, 4.69) is 15.5 Å². The van der Waals surface area contributed by atoms with Gasteiger partial charge >= 0.3 is 0 Å². The van der Waals surface area contributed by atoms with Gasteiger partial charge in [0, 0.05) is 0 Å². The number of ether oxygens (including phenoxy) is 1. The summed E-state index contributed by atoms with van der Waals surface area (Å²) in [6, 6.07) is 10.8. The maximum Gasteiger partial charge on any atom is 0.258 e. The molecular weight excluding hydrogens is 314 g/mol. The van der Waals surface area contributed by atoms with Crippen LogP contribution in [0, 0.1) is 0 Å². The lowest BCUT2D eigenvalue weighted by Crippen LogP contribution is -2.13. The number of nitrogens with one attached hydrogen (secondary N) is 1. The number of hydrogen-bond acceptors (Lipinski definition) is 6. The minimum Gasteiger partial charge on any atom is -0.497 e. The summed E-state index contributed by atoms with van der Waals surface area (Å²) in [7, 11) is 1.59. The molecule has 2 heterocycles. The summed E-state index contributed by atoms with van der Waals surface area (Å²) in [5.74, 6) is 1.02. The Morgan fingerprint density at radius 1 is 1.30 bits per heavy atom. The molecule has 116 valence electrons. The molecule has 23 heavy (non-hydrogen) atoms. The first-order valence-corrected chi connectivity index (χ1v) is 7.61. The van der Waals surface area contributed by atoms with Gasteiger partial charge in [-0.1, -0.05) is 23.5 Å². The van der Waals surface area contributed by atoms with Crippen LogP contribution < -0.4 is 10.1 Å². The first-order chi connectivity index (χ1) is 11.3. The van der Waals surface area contributed by atoms with Gasteiger partial charge in [0.25, 0.3) is 5.91 Å². The smallest absolute Gasteiger partial charge is 0.258 e. The molecule has 0 aliphatic heterocycles. The molecule has 6 nitrogen and oxygen atoms in total. The van der Waals surface area contributed by atoms with Gasteiger partial charge in [-0.15, -0.1) is 10.2 Å². The second-order valence-electron chi connectivity index (χ2n) is 4.50. The van der Waals surface area contributed by atoms with Crippen molar-refractivity contribution in [3.8, 4) is 5.75 Å². The quantitative estimate of drug-likeness (QED) is 0.727. The number of carbonyl (C=O) groups excluding carboxylic acids is 1. The van der Waals surface area contributed by atoms with E-state index >= 15 is 0 Å². The summed E-state index contributed by atoms with van der Waals surface area (Å²) < 4.78 is 10.5. The van der Waals surface area contributed by atoms with Crippen LogP contribution in [0.3, 0.4) is 0 Å². The maximum atomic E-state index is 12.6. The van der Waals surface area contributed by atoms with E-state index in [1.807, 2.05) is 12.1 Å². The lowest BCUT2D eigenvalue weighted by Gasteiger charge is -2.08. The summed E-state index contributed by atoms with van der Waals surface area (Å²) in [5, 5.41) is 10.7. The van der Waals surface area contributed by atoms with Crippen molar-refractivity contribution in [2.45, 2.75) is 0 Å². The van der Waals surface area contributed by atoms with Crippen molar-refractivity contribution < 1.29 is 13.9 Å². The molecule has 3 aromatic rings. The number of rotatable bonds is 5. The highest BCUT2D eigenvalue weighted by Gasteiger charge is 2.15. The molecule has 0 fully saturated rings. The molecule has 0 spiro atoms. The molecule has 0 radical (unpaired) electrons. The standard InChI is InChI=1S/C16H13N3O3S/c1-21-12-6-4-11(5-7-12)14(9-13-3-2-8-22-13)15(20)18-16-19-17-10-23-16/h2-10H,1H3,(H,18,19,20). The van der Waals surface area contributed by atoms with Crippen LogP contribution in [0.5, 0.6) is 5.75 Å². The van der Waals surface area contributed by atoms with Gasteiger partial charge in [0.1, 0.15) is 17.0 Å². The Morgan fingerprint density at radius 2 is 2.13 bits per heavy atom. The zero-order valence-corrected chi connectivity index (χ0v) is 13.0. The summed E-state index contributed by atoms with van der Waals surface area (Å²) in [4.78, 5) is 12.6. The van der Waals surface area contributed by atoms with Crippen molar-refractivity contribution in [1.29, 1.82) is 0 Å². The van der Waals surface area contributed by atoms with Crippen LogP contribution in [-0.2, 0) is 4.79 Å². The van der Waals surface area contributed by atoms with Crippen molar-refractivity contribution >= 4 is 34.0 Å². The number of benzene rings is 1. The van der Waals surface area contributed by atoms with E-state index in [1.54, 1.807) is 49.2 Å². The molecule has 1 N–H and O–H groups in total. The molecule has 0 saturated carbocycles. The highest BCUT2D eigenvalue weighted by molar-refractivity contribution is 7.13. The van der Waals surface area contributed by atoms with E-state index < -0.39 is 0 Å². The molecule has 0 bridgehead atoms. The summed E-state index contributed by atoms with van der Waals surface area (Å²) in [5.41, 5.74) is 2.75. The molecule has 0 aliphatic carbocycles. The number of amides is 1. The molecule has 0 atom stereocenters. The Labute approximate surface area is 136 Å². The average Bonchev–Trinajstić information content (AvgIpc) is 3.26. The summed E-state index contributed by atoms with van der Waals surface area (Å²) >= 11 is 1.25. The number of furan rings is 1. The van der Waals surface area contributed by atoms with Crippen molar-refractivity contribution in [2.75, 3.05) is 12.4 Å². The lowest BCUT2D eigenvalue weighted by molar-refractivity contribution is -0.111. The van der Waals surface area contributed by atoms with Gasteiger partial charge in [-0.05, 0) is 35.9 Å². The SMILES string of the molecule is COc1ccc(C(=Cc2ccco2)C(=O)Nc2nncs2)cc1. The van der Waals surface area contributed by atoms with Gasteiger partial charge in [0.15, 0.2) is 0 Å². The highest BCUT2D eigenvalue weighted by Crippen LogP contribution is 2.23. The van der Waals surface area contributed by atoms with Gasteiger partial charge in [-0.3, -0.25) is 10.1 Å². The van der Waals surface area contributed by atoms with E-state index in [4.69, 9.17) is 9.15 Å². The fraction of sp³-hybridized carbons (Fsp3) is 0.0625. The van der Waals surface area contributed by atoms with Crippen LogP contribution in [0.2, 0.25) is 0 Å². The molecule has 1 aromatic carbocycles. The number of nitrogens with zero attached hydrogens (tertiary/aromatic N) is 2. The fourth-order valence-corrected chi connectivity index (χ4v) is 2.40. The third kappa shape index (κ3) is 3.64. The van der Waals surface area contributed by atoms with Crippen LogP contribution in [0.15, 0.2) is 52.6 Å². The van der Waals surface area contributed by atoms with Gasteiger partial charge in [-0.25, -0.2) is 0 Å². The van der Waals surface area contributed by atoms with Crippen LogP contribution in [0.1, 0.15) is 11.3 Å². The van der Waals surface area contributed by atoms with Gasteiger partial charge < -0.3 is 9.15 Å². The van der Waals surface area contributed by atoms with Crippen LogP contribution in [-0.4, -0.2) is 23.2 Å². The second kappa shape index (κ2) is 6.89. The van der Waals surface area contributed by atoms with Crippen molar-refractivity contribution in [3.63, 3.8) is 0 Å². The monoisotopic (exact) mass is 327 g/mol. The Hall–Kier alpha value is -2.93. The molecule has 0 saturated heterocycles. The number of carbonyl (C=O) groups is 1. The largest absolute Gasteiger partial charge is 0.497 e. The molecular formula is C16H13N3O3S. The van der Waals surface area contributed by atoms with Gasteiger partial charge in [0.2, 0.25) is 5.13 Å². The zero-order chi connectivity index (χ0) is 16.1. The third-order valence-corrected chi connectivity index (χ3v) is 3.66. The number of aromatic nitrogens is 2. The number of anilines is 1. The third-order valence-electron chi connectivity index (χ3n) is 3.06. The van der Waals surface area contributed by atoms with Gasteiger partial charge in [0.05, 0.1) is 18.9 Å². The molecule has 7 heteroatoms. The molecule has 0 aliphatic rings. The number of methoxy groups -OCH3 is 1. The molecule has 3 rings (SSSR count). The minimum absolute atomic E-state index is 0.289. The summed E-state index contributed by atoms with van der Waals surface area (Å²) in [6.07, 6.45) is 3.23. The van der Waals surface area contributed by atoms with Crippen molar-refractivity contribution in [3.05, 3.63) is 59.5 Å². The fourth-order valence-electron chi connectivity index (χ4n) is 1.96. The van der Waals surface area contributed by atoms with E-state index in [1.165, 1.54) is 11.3 Å². The normalized spacial score (nSPS) is 11.3. The first-order valence-electron chi connectivity index (χ1n) is 6.73. The molecule has 2 aromatic heterocycles. The van der Waals surface area contributed by atoms with E-state index in [0.717, 1.165) is 11.3 Å².